The molecule has 2 amide bonds. The zero-order valence-corrected chi connectivity index (χ0v) is 23.7. The Bertz CT molecular complexity index is 1530. The molecule has 4 rings (SSSR count). The number of nitrogens with one attached hydrogen (secondary N) is 2. The standard InChI is InChI=1S/C34H33FN2O6/c1-23(38)36-29(18-26-13-8-14-28(35)17-26)33(39)37-30(34(40)41)19-27-15-16-31(42-21-24-9-4-2-5-10-24)32(20-27)43-22-25-11-6-3-7-12-25/h2-17,20,29-30H,18-19,21-22H2,1H3,(H,36,38)(H,37,39)(H,40,41)/t29-,30-/m0/s1. The summed E-state index contributed by atoms with van der Waals surface area (Å²) in [4.78, 5) is 37.1. The minimum atomic E-state index is -1.31. The topological polar surface area (TPSA) is 114 Å². The van der Waals surface area contributed by atoms with E-state index in [1.807, 2.05) is 60.7 Å². The van der Waals surface area contributed by atoms with Crippen molar-refractivity contribution >= 4 is 17.8 Å². The van der Waals surface area contributed by atoms with Crippen molar-refractivity contribution in [3.8, 4) is 11.5 Å². The van der Waals surface area contributed by atoms with Gasteiger partial charge in [0.05, 0.1) is 0 Å². The molecule has 0 unspecified atom stereocenters. The summed E-state index contributed by atoms with van der Waals surface area (Å²) in [5, 5.41) is 15.0. The molecule has 0 aliphatic carbocycles. The highest BCUT2D eigenvalue weighted by Gasteiger charge is 2.27. The molecule has 0 aliphatic heterocycles. The lowest BCUT2D eigenvalue weighted by Crippen LogP contribution is -2.52. The SMILES string of the molecule is CC(=O)N[C@@H](Cc1cccc(F)c1)C(=O)N[C@@H](Cc1ccc(OCc2ccccc2)c(OCc2ccccc2)c1)C(=O)O. The first-order chi connectivity index (χ1) is 20.8. The van der Waals surface area contributed by atoms with Crippen molar-refractivity contribution in [1.82, 2.24) is 10.6 Å². The Hall–Kier alpha value is -5.18. The molecule has 0 aliphatic rings. The number of aliphatic carboxylic acids is 1. The Morgan fingerprint density at radius 1 is 0.674 bits per heavy atom. The summed E-state index contributed by atoms with van der Waals surface area (Å²) in [6.07, 6.45) is -0.0745. The smallest absolute Gasteiger partial charge is 0.326 e. The average Bonchev–Trinajstić information content (AvgIpc) is 2.99. The van der Waals surface area contributed by atoms with Crippen LogP contribution in [0.2, 0.25) is 0 Å². The zero-order valence-electron chi connectivity index (χ0n) is 23.7. The number of ether oxygens (including phenoxy) is 2. The molecule has 0 saturated heterocycles. The average molecular weight is 585 g/mol. The molecule has 0 radical (unpaired) electrons. The van der Waals surface area contributed by atoms with E-state index in [1.165, 1.54) is 25.1 Å². The van der Waals surface area contributed by atoms with Gasteiger partial charge in [0.15, 0.2) is 11.5 Å². The highest BCUT2D eigenvalue weighted by Crippen LogP contribution is 2.30. The lowest BCUT2D eigenvalue weighted by Gasteiger charge is -2.22. The van der Waals surface area contributed by atoms with Crippen LogP contribution in [0.1, 0.15) is 29.2 Å². The molecule has 222 valence electrons. The van der Waals surface area contributed by atoms with E-state index in [2.05, 4.69) is 10.6 Å². The van der Waals surface area contributed by atoms with Gasteiger partial charge in [-0.05, 0) is 46.5 Å². The fraction of sp³-hybridized carbons (Fsp3) is 0.206. The van der Waals surface area contributed by atoms with Gasteiger partial charge in [-0.2, -0.15) is 0 Å². The van der Waals surface area contributed by atoms with Crippen LogP contribution in [0, 0.1) is 5.82 Å². The summed E-state index contributed by atoms with van der Waals surface area (Å²) in [5.41, 5.74) is 2.98. The number of hydrogen-bond donors (Lipinski definition) is 3. The summed E-state index contributed by atoms with van der Waals surface area (Å²) in [5.74, 6) is -2.00. The van der Waals surface area contributed by atoms with E-state index in [0.717, 1.165) is 11.1 Å². The second-order valence-electron chi connectivity index (χ2n) is 10.0. The summed E-state index contributed by atoms with van der Waals surface area (Å²) in [7, 11) is 0. The van der Waals surface area contributed by atoms with Crippen molar-refractivity contribution in [2.45, 2.75) is 45.1 Å². The van der Waals surface area contributed by atoms with E-state index < -0.39 is 35.7 Å². The molecule has 8 nitrogen and oxygen atoms in total. The minimum absolute atomic E-state index is 0.0135. The number of carbonyl (C=O) groups excluding carboxylic acids is 2. The van der Waals surface area contributed by atoms with Crippen LogP contribution in [0.25, 0.3) is 0 Å². The number of carbonyl (C=O) groups is 3. The highest BCUT2D eigenvalue weighted by atomic mass is 19.1. The molecule has 0 aromatic heterocycles. The van der Waals surface area contributed by atoms with Crippen molar-refractivity contribution in [2.24, 2.45) is 0 Å². The van der Waals surface area contributed by atoms with Crippen molar-refractivity contribution in [3.63, 3.8) is 0 Å². The molecule has 43 heavy (non-hydrogen) atoms. The Labute approximate surface area is 249 Å². The van der Waals surface area contributed by atoms with Crippen LogP contribution in [-0.2, 0) is 40.4 Å². The van der Waals surface area contributed by atoms with Gasteiger partial charge < -0.3 is 25.2 Å². The molecular weight excluding hydrogens is 551 g/mol. The Balaban J connectivity index is 1.51. The Morgan fingerprint density at radius 3 is 1.81 bits per heavy atom. The van der Waals surface area contributed by atoms with Gasteiger partial charge in [0.1, 0.15) is 31.1 Å². The van der Waals surface area contributed by atoms with E-state index in [-0.39, 0.29) is 19.4 Å². The number of carboxylic acid groups (broad SMARTS) is 1. The first-order valence-corrected chi connectivity index (χ1v) is 13.8. The molecule has 9 heteroatoms. The number of halogens is 1. The maximum Gasteiger partial charge on any atom is 0.326 e. The van der Waals surface area contributed by atoms with Gasteiger partial charge in [0.25, 0.3) is 0 Å². The van der Waals surface area contributed by atoms with Crippen molar-refractivity contribution in [1.29, 1.82) is 0 Å². The minimum Gasteiger partial charge on any atom is -0.485 e. The predicted octanol–water partition coefficient (Wildman–Crippen LogP) is 4.84. The van der Waals surface area contributed by atoms with Crippen molar-refractivity contribution in [2.75, 3.05) is 0 Å². The van der Waals surface area contributed by atoms with Gasteiger partial charge in [-0.1, -0.05) is 78.9 Å². The van der Waals surface area contributed by atoms with Crippen LogP contribution >= 0.6 is 0 Å². The fourth-order valence-corrected chi connectivity index (χ4v) is 4.44. The first-order valence-electron chi connectivity index (χ1n) is 13.8. The number of amides is 2. The largest absolute Gasteiger partial charge is 0.485 e. The number of benzene rings is 4. The molecule has 3 N–H and O–H groups in total. The third-order valence-corrected chi connectivity index (χ3v) is 6.56. The number of hydrogen-bond acceptors (Lipinski definition) is 5. The van der Waals surface area contributed by atoms with Gasteiger partial charge in [-0.15, -0.1) is 0 Å². The second kappa shape index (κ2) is 15.2. The molecule has 0 heterocycles. The molecule has 0 fully saturated rings. The number of rotatable bonds is 14. The summed E-state index contributed by atoms with van der Waals surface area (Å²) < 4.78 is 25.8. The normalized spacial score (nSPS) is 12.0. The molecule has 0 saturated carbocycles. The lowest BCUT2D eigenvalue weighted by atomic mass is 10.0. The third kappa shape index (κ3) is 9.71. The van der Waals surface area contributed by atoms with Gasteiger partial charge in [-0.25, -0.2) is 9.18 Å². The maximum absolute atomic E-state index is 13.7. The zero-order chi connectivity index (χ0) is 30.6. The quantitative estimate of drug-likeness (QED) is 0.195. The van der Waals surface area contributed by atoms with Gasteiger partial charge >= 0.3 is 5.97 Å². The van der Waals surface area contributed by atoms with Crippen molar-refractivity contribution in [3.05, 3.63) is 131 Å². The molecule has 4 aromatic carbocycles. The van der Waals surface area contributed by atoms with E-state index in [9.17, 15) is 23.9 Å². The summed E-state index contributed by atoms with van der Waals surface area (Å²) in [6, 6.07) is 27.6. The molecule has 4 aromatic rings. The van der Waals surface area contributed by atoms with Gasteiger partial charge in [0, 0.05) is 19.8 Å². The van der Waals surface area contributed by atoms with Crippen LogP contribution in [0.15, 0.2) is 103 Å². The number of carboxylic acids is 1. The molecule has 2 atom stereocenters. The molecule has 0 spiro atoms. The fourth-order valence-electron chi connectivity index (χ4n) is 4.44. The van der Waals surface area contributed by atoms with Crippen LogP contribution in [0.5, 0.6) is 11.5 Å². The van der Waals surface area contributed by atoms with E-state index in [0.29, 0.717) is 29.2 Å². The highest BCUT2D eigenvalue weighted by molar-refractivity contribution is 5.90. The van der Waals surface area contributed by atoms with E-state index >= 15 is 0 Å². The summed E-state index contributed by atoms with van der Waals surface area (Å²) >= 11 is 0. The third-order valence-electron chi connectivity index (χ3n) is 6.56. The summed E-state index contributed by atoms with van der Waals surface area (Å²) in [6.45, 7) is 1.83. The first kappa shape index (κ1) is 30.8. The van der Waals surface area contributed by atoms with Crippen LogP contribution in [0.3, 0.4) is 0 Å². The monoisotopic (exact) mass is 584 g/mol. The Morgan fingerprint density at radius 2 is 1.23 bits per heavy atom. The lowest BCUT2D eigenvalue weighted by molar-refractivity contribution is -0.142. The van der Waals surface area contributed by atoms with Crippen LogP contribution < -0.4 is 20.1 Å². The van der Waals surface area contributed by atoms with Crippen LogP contribution in [-0.4, -0.2) is 35.0 Å². The second-order valence-corrected chi connectivity index (χ2v) is 10.0. The van der Waals surface area contributed by atoms with Gasteiger partial charge in [-0.3, -0.25) is 9.59 Å². The van der Waals surface area contributed by atoms with E-state index in [1.54, 1.807) is 24.3 Å². The molecule has 0 bridgehead atoms. The maximum atomic E-state index is 13.7. The van der Waals surface area contributed by atoms with Crippen LogP contribution in [0.4, 0.5) is 4.39 Å². The van der Waals surface area contributed by atoms with E-state index in [4.69, 9.17) is 9.47 Å². The predicted molar refractivity (Wildman–Crippen MR) is 159 cm³/mol. The Kier molecular flexibility index (Phi) is 10.9. The van der Waals surface area contributed by atoms with Gasteiger partial charge in [0.2, 0.25) is 11.8 Å². The van der Waals surface area contributed by atoms with Crippen molar-refractivity contribution < 1.29 is 33.4 Å². The molecular formula is C34H33FN2O6.